The van der Waals surface area contributed by atoms with Crippen molar-refractivity contribution >= 4 is 41.0 Å². The van der Waals surface area contributed by atoms with Crippen LogP contribution in [0, 0.1) is 0 Å². The fourth-order valence-electron chi connectivity index (χ4n) is 2.58. The summed E-state index contributed by atoms with van der Waals surface area (Å²) in [4.78, 5) is 41.8. The van der Waals surface area contributed by atoms with Gasteiger partial charge in [-0.25, -0.2) is 9.48 Å². The summed E-state index contributed by atoms with van der Waals surface area (Å²) in [6.07, 6.45) is 1.51. The van der Waals surface area contributed by atoms with E-state index in [1.54, 1.807) is 30.3 Å². The summed E-state index contributed by atoms with van der Waals surface area (Å²) in [6.45, 7) is 0. The van der Waals surface area contributed by atoms with Gasteiger partial charge in [0.2, 0.25) is 0 Å². The molecule has 2 heterocycles. The molecule has 27 heavy (non-hydrogen) atoms. The van der Waals surface area contributed by atoms with Crippen LogP contribution >= 0.6 is 23.2 Å². The lowest BCUT2D eigenvalue weighted by Gasteiger charge is -2.11. The highest BCUT2D eigenvalue weighted by atomic mass is 35.5. The van der Waals surface area contributed by atoms with Crippen molar-refractivity contribution < 1.29 is 19.2 Å². The van der Waals surface area contributed by atoms with E-state index < -0.39 is 17.8 Å². The number of benzene rings is 2. The second-order valence-electron chi connectivity index (χ2n) is 5.57. The van der Waals surface area contributed by atoms with Gasteiger partial charge in [-0.05, 0) is 36.4 Å². The maximum absolute atomic E-state index is 12.3. The Hall–Kier alpha value is -3.16. The number of hydroxylamine groups is 2. The second-order valence-corrected chi connectivity index (χ2v) is 6.39. The molecule has 0 N–H and O–H groups in total. The van der Waals surface area contributed by atoms with Gasteiger partial charge in [0.25, 0.3) is 11.8 Å². The number of imide groups is 1. The monoisotopic (exact) mass is 401 g/mol. The van der Waals surface area contributed by atoms with Crippen LogP contribution < -0.4 is 0 Å². The Morgan fingerprint density at radius 1 is 0.926 bits per heavy atom. The van der Waals surface area contributed by atoms with Crippen molar-refractivity contribution in [3.63, 3.8) is 0 Å². The van der Waals surface area contributed by atoms with Crippen LogP contribution in [0.4, 0.5) is 0 Å². The first kappa shape index (κ1) is 17.3. The number of carbonyl (C=O) groups is 3. The lowest BCUT2D eigenvalue weighted by Crippen LogP contribution is -2.32. The van der Waals surface area contributed by atoms with Gasteiger partial charge in [0.15, 0.2) is 5.69 Å². The molecule has 9 heteroatoms. The molecule has 0 atom stereocenters. The molecule has 0 saturated heterocycles. The average molecular weight is 402 g/mol. The molecular weight excluding hydrogens is 393 g/mol. The van der Waals surface area contributed by atoms with Crippen LogP contribution in [-0.4, -0.2) is 32.6 Å². The highest BCUT2D eigenvalue weighted by molar-refractivity contribution is 6.42. The van der Waals surface area contributed by atoms with E-state index in [2.05, 4.69) is 5.10 Å². The van der Waals surface area contributed by atoms with Crippen LogP contribution in [0.15, 0.2) is 54.7 Å². The molecule has 2 amide bonds. The van der Waals surface area contributed by atoms with Crippen molar-refractivity contribution in [1.29, 1.82) is 0 Å². The van der Waals surface area contributed by atoms with E-state index in [4.69, 9.17) is 28.0 Å². The molecule has 0 radical (unpaired) electrons. The number of nitrogens with zero attached hydrogens (tertiary/aromatic N) is 3. The second kappa shape index (κ2) is 6.53. The van der Waals surface area contributed by atoms with Gasteiger partial charge in [0.05, 0.1) is 26.9 Å². The molecule has 1 aliphatic rings. The number of aromatic nitrogens is 2. The van der Waals surface area contributed by atoms with Gasteiger partial charge in [-0.1, -0.05) is 40.4 Å². The first-order chi connectivity index (χ1) is 13.0. The van der Waals surface area contributed by atoms with E-state index in [0.717, 1.165) is 0 Å². The third-order valence-electron chi connectivity index (χ3n) is 3.90. The predicted octanol–water partition coefficient (Wildman–Crippen LogP) is 3.55. The Morgan fingerprint density at radius 3 is 2.22 bits per heavy atom. The first-order valence-corrected chi connectivity index (χ1v) is 8.42. The maximum Gasteiger partial charge on any atom is 0.384 e. The summed E-state index contributed by atoms with van der Waals surface area (Å²) >= 11 is 11.9. The molecule has 134 valence electrons. The zero-order chi connectivity index (χ0) is 19.1. The fourth-order valence-corrected chi connectivity index (χ4v) is 2.88. The molecule has 0 spiro atoms. The lowest BCUT2D eigenvalue weighted by atomic mass is 10.1. The number of rotatable bonds is 3. The molecule has 1 aromatic heterocycles. The maximum atomic E-state index is 12.3. The zero-order valence-corrected chi connectivity index (χ0v) is 14.9. The minimum Gasteiger partial charge on any atom is -0.322 e. The van der Waals surface area contributed by atoms with Gasteiger partial charge in [0.1, 0.15) is 0 Å². The highest BCUT2D eigenvalue weighted by Crippen LogP contribution is 2.25. The third kappa shape index (κ3) is 2.97. The Balaban J connectivity index is 1.55. The Bertz CT molecular complexity index is 1070. The van der Waals surface area contributed by atoms with Gasteiger partial charge in [-0.3, -0.25) is 9.59 Å². The summed E-state index contributed by atoms with van der Waals surface area (Å²) in [6, 6.07) is 12.4. The van der Waals surface area contributed by atoms with Gasteiger partial charge in [-0.2, -0.15) is 5.10 Å². The molecule has 0 fully saturated rings. The molecule has 7 nitrogen and oxygen atoms in total. The SMILES string of the molecule is O=C(ON1C(=O)c2ccccc2C1=O)c1ccn(-c2ccc(Cl)c(Cl)c2)n1. The Labute approximate surface area is 162 Å². The van der Waals surface area contributed by atoms with Gasteiger partial charge in [0, 0.05) is 6.20 Å². The van der Waals surface area contributed by atoms with E-state index in [1.807, 2.05) is 0 Å². The minimum atomic E-state index is -0.941. The zero-order valence-electron chi connectivity index (χ0n) is 13.4. The normalized spacial score (nSPS) is 13.0. The summed E-state index contributed by atoms with van der Waals surface area (Å²) in [7, 11) is 0. The van der Waals surface area contributed by atoms with Gasteiger partial charge >= 0.3 is 5.97 Å². The summed E-state index contributed by atoms with van der Waals surface area (Å²) in [5, 5.41) is 5.24. The van der Waals surface area contributed by atoms with E-state index in [9.17, 15) is 14.4 Å². The Morgan fingerprint density at radius 2 is 1.59 bits per heavy atom. The van der Waals surface area contributed by atoms with Crippen molar-refractivity contribution in [1.82, 2.24) is 14.8 Å². The molecule has 3 aromatic rings. The molecule has 0 aliphatic carbocycles. The number of hydrogen-bond donors (Lipinski definition) is 0. The predicted molar refractivity (Wildman–Crippen MR) is 95.9 cm³/mol. The van der Waals surface area contributed by atoms with Crippen LogP contribution in [-0.2, 0) is 4.84 Å². The number of halogens is 2. The number of fused-ring (bicyclic) bond motifs is 1. The summed E-state index contributed by atoms with van der Waals surface area (Å²) in [5.41, 5.74) is 0.843. The van der Waals surface area contributed by atoms with Crippen molar-refractivity contribution in [2.75, 3.05) is 0 Å². The number of carbonyl (C=O) groups excluding carboxylic acids is 3. The summed E-state index contributed by atoms with van der Waals surface area (Å²) < 4.78 is 1.39. The minimum absolute atomic E-state index is 0.0855. The smallest absolute Gasteiger partial charge is 0.322 e. The van der Waals surface area contributed by atoms with Crippen molar-refractivity contribution in [2.45, 2.75) is 0 Å². The molecular formula is C18H9Cl2N3O4. The molecule has 0 bridgehead atoms. The van der Waals surface area contributed by atoms with Crippen molar-refractivity contribution in [3.8, 4) is 5.69 Å². The van der Waals surface area contributed by atoms with Gasteiger partial charge < -0.3 is 4.84 Å². The van der Waals surface area contributed by atoms with Crippen LogP contribution in [0.2, 0.25) is 10.0 Å². The summed E-state index contributed by atoms with van der Waals surface area (Å²) in [5.74, 6) is -2.34. The fraction of sp³-hybridized carbons (Fsp3) is 0. The Kier molecular flexibility index (Phi) is 4.18. The standard InChI is InChI=1S/C18H9Cl2N3O4/c19-13-6-5-10(9-14(13)20)22-8-7-15(21-22)18(26)27-23-16(24)11-3-1-2-4-12(11)17(23)25/h1-9H. The number of amides is 2. The molecule has 0 saturated carbocycles. The van der Waals surface area contributed by atoms with Crippen LogP contribution in [0.5, 0.6) is 0 Å². The first-order valence-electron chi connectivity index (χ1n) is 7.67. The van der Waals surface area contributed by atoms with Crippen LogP contribution in [0.3, 0.4) is 0 Å². The molecule has 4 rings (SSSR count). The number of hydrogen-bond acceptors (Lipinski definition) is 5. The van der Waals surface area contributed by atoms with E-state index in [0.29, 0.717) is 20.8 Å². The topological polar surface area (TPSA) is 81.5 Å². The van der Waals surface area contributed by atoms with Crippen molar-refractivity contribution in [3.05, 3.63) is 81.6 Å². The highest BCUT2D eigenvalue weighted by Gasteiger charge is 2.39. The van der Waals surface area contributed by atoms with Gasteiger partial charge in [-0.15, -0.1) is 0 Å². The largest absolute Gasteiger partial charge is 0.384 e. The van der Waals surface area contributed by atoms with Crippen LogP contribution in [0.25, 0.3) is 5.69 Å². The quantitative estimate of drug-likeness (QED) is 0.626. The molecule has 0 unspecified atom stereocenters. The molecule has 1 aliphatic heterocycles. The average Bonchev–Trinajstić information content (AvgIpc) is 3.25. The van der Waals surface area contributed by atoms with Crippen molar-refractivity contribution in [2.24, 2.45) is 0 Å². The van der Waals surface area contributed by atoms with E-state index >= 15 is 0 Å². The van der Waals surface area contributed by atoms with Crippen LogP contribution in [0.1, 0.15) is 31.2 Å². The van der Waals surface area contributed by atoms with E-state index in [-0.39, 0.29) is 16.8 Å². The lowest BCUT2D eigenvalue weighted by molar-refractivity contribution is -0.0588. The third-order valence-corrected chi connectivity index (χ3v) is 4.64. The molecule has 2 aromatic carbocycles. The van der Waals surface area contributed by atoms with E-state index in [1.165, 1.54) is 29.1 Å².